The first-order chi connectivity index (χ1) is 14.8. The third-order valence-electron chi connectivity index (χ3n) is 5.27. The number of carbonyl (C=O) groups is 1. The van der Waals surface area contributed by atoms with Crippen molar-refractivity contribution in [3.63, 3.8) is 0 Å². The van der Waals surface area contributed by atoms with E-state index < -0.39 is 22.0 Å². The number of halogens is 1. The third kappa shape index (κ3) is 4.44. The van der Waals surface area contributed by atoms with Crippen molar-refractivity contribution in [3.05, 3.63) is 46.5 Å². The van der Waals surface area contributed by atoms with Gasteiger partial charge in [0.05, 0.1) is 50.8 Å². The van der Waals surface area contributed by atoms with Crippen molar-refractivity contribution >= 4 is 27.6 Å². The molecule has 2 aromatic rings. The minimum atomic E-state index is -3.98. The van der Waals surface area contributed by atoms with Gasteiger partial charge in [-0.1, -0.05) is 11.6 Å². The summed E-state index contributed by atoms with van der Waals surface area (Å²) in [5, 5.41) is 0.178. The molecule has 0 saturated heterocycles. The van der Waals surface area contributed by atoms with Gasteiger partial charge < -0.3 is 18.9 Å². The van der Waals surface area contributed by atoms with E-state index in [4.69, 9.17) is 30.5 Å². The van der Waals surface area contributed by atoms with Crippen LogP contribution in [-0.4, -0.2) is 53.7 Å². The van der Waals surface area contributed by atoms with Gasteiger partial charge in [0.1, 0.15) is 5.75 Å². The molecule has 1 heterocycles. The molecule has 1 atom stereocenters. The molecule has 168 valence electrons. The summed E-state index contributed by atoms with van der Waals surface area (Å²) in [7, 11) is 1.77. The lowest BCUT2D eigenvalue weighted by Gasteiger charge is -2.36. The highest BCUT2D eigenvalue weighted by Crippen LogP contribution is 2.42. The van der Waals surface area contributed by atoms with E-state index in [0.717, 1.165) is 5.56 Å². The summed E-state index contributed by atoms with van der Waals surface area (Å²) in [6, 6.07) is 7.02. The standard InChI is InChI=1S/C21H24ClNO7S/c1-27-18-6-5-14(10-16(18)22)31(25,26)23-8-7-13-9-19(28-2)20(29-3)11-15(13)17(23)12-21(24)30-4/h5-6,9-11,17H,7-8,12H2,1-4H3/t17-/m0/s1. The van der Waals surface area contributed by atoms with Crippen LogP contribution in [0.4, 0.5) is 0 Å². The summed E-state index contributed by atoms with van der Waals surface area (Å²) in [6.45, 7) is 0.177. The fourth-order valence-electron chi connectivity index (χ4n) is 3.69. The van der Waals surface area contributed by atoms with E-state index in [2.05, 4.69) is 0 Å². The van der Waals surface area contributed by atoms with Crippen molar-refractivity contribution in [2.75, 3.05) is 35.0 Å². The van der Waals surface area contributed by atoms with E-state index in [0.29, 0.717) is 29.2 Å². The molecule has 10 heteroatoms. The quantitative estimate of drug-likeness (QED) is 0.575. The average molecular weight is 470 g/mol. The molecule has 8 nitrogen and oxygen atoms in total. The SMILES string of the molecule is COC(=O)C[C@H]1c2cc(OC)c(OC)cc2CCN1S(=O)(=O)c1ccc(OC)c(Cl)c1. The van der Waals surface area contributed by atoms with E-state index in [9.17, 15) is 13.2 Å². The largest absolute Gasteiger partial charge is 0.495 e. The Bertz CT molecular complexity index is 1090. The molecule has 0 fully saturated rings. The summed E-state index contributed by atoms with van der Waals surface area (Å²) in [6.07, 6.45) is 0.290. The van der Waals surface area contributed by atoms with Gasteiger partial charge in [0, 0.05) is 6.54 Å². The zero-order chi connectivity index (χ0) is 22.8. The maximum Gasteiger partial charge on any atom is 0.307 e. The second-order valence-corrected chi connectivity index (χ2v) is 9.16. The summed E-state index contributed by atoms with van der Waals surface area (Å²) >= 11 is 6.16. The van der Waals surface area contributed by atoms with E-state index in [-0.39, 0.29) is 22.9 Å². The lowest BCUT2D eigenvalue weighted by atomic mass is 9.91. The highest BCUT2D eigenvalue weighted by atomic mass is 35.5. The van der Waals surface area contributed by atoms with Gasteiger partial charge in [-0.2, -0.15) is 4.31 Å². The zero-order valence-electron chi connectivity index (χ0n) is 17.7. The van der Waals surface area contributed by atoms with Gasteiger partial charge in [0.2, 0.25) is 10.0 Å². The van der Waals surface area contributed by atoms with Crippen molar-refractivity contribution in [2.24, 2.45) is 0 Å². The normalized spacial score (nSPS) is 16.4. The van der Waals surface area contributed by atoms with Crippen molar-refractivity contribution in [2.45, 2.75) is 23.8 Å². The summed E-state index contributed by atoms with van der Waals surface area (Å²) < 4.78 is 49.0. The van der Waals surface area contributed by atoms with Crippen LogP contribution in [0.25, 0.3) is 0 Å². The number of ether oxygens (including phenoxy) is 4. The van der Waals surface area contributed by atoms with Gasteiger partial charge in [-0.05, 0) is 47.9 Å². The minimum Gasteiger partial charge on any atom is -0.495 e. The Morgan fingerprint density at radius 2 is 1.68 bits per heavy atom. The number of nitrogens with zero attached hydrogens (tertiary/aromatic N) is 1. The van der Waals surface area contributed by atoms with Gasteiger partial charge in [0.15, 0.2) is 11.5 Å². The Hall–Kier alpha value is -2.49. The number of esters is 1. The highest BCUT2D eigenvalue weighted by Gasteiger charge is 2.39. The van der Waals surface area contributed by atoms with Crippen LogP contribution in [0.5, 0.6) is 17.2 Å². The Morgan fingerprint density at radius 3 is 2.26 bits per heavy atom. The summed E-state index contributed by atoms with van der Waals surface area (Å²) in [5.74, 6) is 0.826. The molecule has 2 aromatic carbocycles. The molecule has 31 heavy (non-hydrogen) atoms. The van der Waals surface area contributed by atoms with Crippen LogP contribution >= 0.6 is 11.6 Å². The molecule has 0 spiro atoms. The van der Waals surface area contributed by atoms with Crippen LogP contribution in [0.2, 0.25) is 5.02 Å². The number of carbonyl (C=O) groups excluding carboxylic acids is 1. The maximum atomic E-state index is 13.5. The van der Waals surface area contributed by atoms with Gasteiger partial charge in [0.25, 0.3) is 0 Å². The molecular weight excluding hydrogens is 446 g/mol. The highest BCUT2D eigenvalue weighted by molar-refractivity contribution is 7.89. The predicted octanol–water partition coefficient (Wildman–Crippen LogP) is 3.22. The van der Waals surface area contributed by atoms with Crippen molar-refractivity contribution in [1.82, 2.24) is 4.31 Å². The zero-order valence-corrected chi connectivity index (χ0v) is 19.2. The van der Waals surface area contributed by atoms with Gasteiger partial charge in [-0.15, -0.1) is 0 Å². The second-order valence-electron chi connectivity index (χ2n) is 6.86. The molecule has 0 amide bonds. The first-order valence-corrected chi connectivity index (χ1v) is 11.3. The molecule has 1 aliphatic heterocycles. The number of hydrogen-bond donors (Lipinski definition) is 0. The second kappa shape index (κ2) is 9.33. The van der Waals surface area contributed by atoms with Gasteiger partial charge in [-0.3, -0.25) is 4.79 Å². The predicted molar refractivity (Wildman–Crippen MR) is 115 cm³/mol. The molecule has 0 bridgehead atoms. The van der Waals surface area contributed by atoms with Crippen LogP contribution in [0.15, 0.2) is 35.2 Å². The van der Waals surface area contributed by atoms with Crippen molar-refractivity contribution < 1.29 is 32.2 Å². The maximum absolute atomic E-state index is 13.5. The first-order valence-electron chi connectivity index (χ1n) is 9.43. The van der Waals surface area contributed by atoms with E-state index in [1.54, 1.807) is 6.07 Å². The number of sulfonamides is 1. The van der Waals surface area contributed by atoms with Crippen LogP contribution in [0.3, 0.4) is 0 Å². The number of hydrogen-bond acceptors (Lipinski definition) is 7. The summed E-state index contributed by atoms with van der Waals surface area (Å²) in [5.41, 5.74) is 1.54. The fraction of sp³-hybridized carbons (Fsp3) is 0.381. The average Bonchev–Trinajstić information content (AvgIpc) is 2.77. The molecule has 1 aliphatic rings. The van der Waals surface area contributed by atoms with Crippen molar-refractivity contribution in [3.8, 4) is 17.2 Å². The molecule has 0 unspecified atom stereocenters. The lowest BCUT2D eigenvalue weighted by Crippen LogP contribution is -2.41. The number of fused-ring (bicyclic) bond motifs is 1. The Morgan fingerprint density at radius 1 is 1.03 bits per heavy atom. The fourth-order valence-corrected chi connectivity index (χ4v) is 5.64. The minimum absolute atomic E-state index is 0.0112. The lowest BCUT2D eigenvalue weighted by molar-refractivity contribution is -0.141. The van der Waals surface area contributed by atoms with E-state index >= 15 is 0 Å². The van der Waals surface area contributed by atoms with Gasteiger partial charge in [-0.25, -0.2) is 8.42 Å². The van der Waals surface area contributed by atoms with Crippen molar-refractivity contribution in [1.29, 1.82) is 0 Å². The number of benzene rings is 2. The molecule has 3 rings (SSSR count). The molecule has 0 aromatic heterocycles. The monoisotopic (exact) mass is 469 g/mol. The van der Waals surface area contributed by atoms with E-state index in [1.807, 2.05) is 6.07 Å². The Balaban J connectivity index is 2.11. The van der Waals surface area contributed by atoms with Crippen LogP contribution < -0.4 is 14.2 Å². The Kier molecular flexibility index (Phi) is 6.98. The first kappa shape index (κ1) is 23.2. The third-order valence-corrected chi connectivity index (χ3v) is 7.47. The number of methoxy groups -OCH3 is 4. The molecular formula is C21H24ClNO7S. The molecule has 0 N–H and O–H groups in total. The topological polar surface area (TPSA) is 91.4 Å². The number of rotatable bonds is 7. The smallest absolute Gasteiger partial charge is 0.307 e. The molecule has 0 saturated carbocycles. The van der Waals surface area contributed by atoms with E-state index in [1.165, 1.54) is 50.9 Å². The summed E-state index contributed by atoms with van der Waals surface area (Å²) in [4.78, 5) is 12.2. The van der Waals surface area contributed by atoms with Gasteiger partial charge >= 0.3 is 5.97 Å². The molecule has 0 aliphatic carbocycles. The van der Waals surface area contributed by atoms with Crippen LogP contribution in [0.1, 0.15) is 23.6 Å². The Labute approximate surface area is 186 Å². The molecule has 0 radical (unpaired) electrons. The van der Waals surface area contributed by atoms with Crippen LogP contribution in [-0.2, 0) is 26.0 Å². The van der Waals surface area contributed by atoms with Crippen LogP contribution in [0, 0.1) is 0 Å².